The molecule has 0 radical (unpaired) electrons. The molecule has 0 bridgehead atoms. The summed E-state index contributed by atoms with van der Waals surface area (Å²) in [5.41, 5.74) is -1.43. The third-order valence-corrected chi connectivity index (χ3v) is 4.25. The number of benzene rings is 2. The van der Waals surface area contributed by atoms with Gasteiger partial charge < -0.3 is 15.2 Å². The Morgan fingerprint density at radius 3 is 2.32 bits per heavy atom. The standard InChI is InChI=1S/C20H20F3NO4/c1-19(12-18(26)27,14-6-4-8-16(11-14)28-2)24-17(25)10-13-5-3-7-15(9-13)20(21,22)23/h3-9,11H,10,12H2,1-2H3,(H,24,25)(H,26,27). The third-order valence-electron chi connectivity index (χ3n) is 4.25. The summed E-state index contributed by atoms with van der Waals surface area (Å²) in [6, 6.07) is 11.1. The lowest BCUT2D eigenvalue weighted by atomic mass is 9.88. The van der Waals surface area contributed by atoms with E-state index in [1.54, 1.807) is 31.2 Å². The fourth-order valence-electron chi connectivity index (χ4n) is 2.88. The molecule has 0 aliphatic rings. The van der Waals surface area contributed by atoms with Crippen LogP contribution < -0.4 is 10.1 Å². The van der Waals surface area contributed by atoms with E-state index < -0.39 is 35.6 Å². The van der Waals surface area contributed by atoms with E-state index in [0.29, 0.717) is 11.3 Å². The topological polar surface area (TPSA) is 75.6 Å². The quantitative estimate of drug-likeness (QED) is 0.749. The molecule has 0 aromatic heterocycles. The summed E-state index contributed by atoms with van der Waals surface area (Å²) in [6.07, 6.45) is -5.23. The van der Waals surface area contributed by atoms with Crippen LogP contribution in [-0.4, -0.2) is 24.1 Å². The van der Waals surface area contributed by atoms with Gasteiger partial charge in [-0.1, -0.05) is 30.3 Å². The van der Waals surface area contributed by atoms with Crippen LogP contribution in [0.25, 0.3) is 0 Å². The van der Waals surface area contributed by atoms with Crippen LogP contribution in [0.5, 0.6) is 5.75 Å². The predicted molar refractivity (Wildman–Crippen MR) is 95.9 cm³/mol. The molecule has 2 aromatic carbocycles. The number of methoxy groups -OCH3 is 1. The lowest BCUT2D eigenvalue weighted by Crippen LogP contribution is -2.45. The second-order valence-electron chi connectivity index (χ2n) is 6.56. The maximum absolute atomic E-state index is 12.8. The van der Waals surface area contributed by atoms with Crippen LogP contribution in [0, 0.1) is 0 Å². The first-order valence-corrected chi connectivity index (χ1v) is 8.37. The molecule has 0 aliphatic carbocycles. The number of nitrogens with one attached hydrogen (secondary N) is 1. The molecule has 2 rings (SSSR count). The molecule has 0 saturated heterocycles. The van der Waals surface area contributed by atoms with Crippen molar-refractivity contribution in [2.24, 2.45) is 0 Å². The van der Waals surface area contributed by atoms with E-state index in [0.717, 1.165) is 12.1 Å². The maximum Gasteiger partial charge on any atom is 0.416 e. The Morgan fingerprint density at radius 2 is 1.71 bits per heavy atom. The van der Waals surface area contributed by atoms with Gasteiger partial charge >= 0.3 is 12.1 Å². The van der Waals surface area contributed by atoms with Crippen LogP contribution in [-0.2, 0) is 27.7 Å². The number of ether oxygens (including phenoxy) is 1. The van der Waals surface area contributed by atoms with Crippen LogP contribution in [0.3, 0.4) is 0 Å². The number of alkyl halides is 3. The summed E-state index contributed by atoms with van der Waals surface area (Å²) >= 11 is 0. The zero-order valence-corrected chi connectivity index (χ0v) is 15.3. The zero-order valence-electron chi connectivity index (χ0n) is 15.3. The highest BCUT2D eigenvalue weighted by molar-refractivity contribution is 5.81. The third kappa shape index (κ3) is 5.48. The number of hydrogen-bond acceptors (Lipinski definition) is 3. The fourth-order valence-corrected chi connectivity index (χ4v) is 2.88. The molecule has 1 atom stereocenters. The highest BCUT2D eigenvalue weighted by atomic mass is 19.4. The Hall–Kier alpha value is -3.03. The molecule has 0 spiro atoms. The average molecular weight is 395 g/mol. The van der Waals surface area contributed by atoms with Gasteiger partial charge in [-0.2, -0.15) is 13.2 Å². The van der Waals surface area contributed by atoms with Crippen LogP contribution >= 0.6 is 0 Å². The Morgan fingerprint density at radius 1 is 1.07 bits per heavy atom. The average Bonchev–Trinajstić information content (AvgIpc) is 2.60. The summed E-state index contributed by atoms with van der Waals surface area (Å²) in [7, 11) is 1.46. The van der Waals surface area contributed by atoms with Crippen molar-refractivity contribution in [3.05, 3.63) is 65.2 Å². The highest BCUT2D eigenvalue weighted by Crippen LogP contribution is 2.30. The van der Waals surface area contributed by atoms with Gasteiger partial charge in [-0.25, -0.2) is 0 Å². The Kier molecular flexibility index (Phi) is 6.33. The largest absolute Gasteiger partial charge is 0.497 e. The second kappa shape index (κ2) is 8.33. The minimum absolute atomic E-state index is 0.177. The van der Waals surface area contributed by atoms with E-state index in [2.05, 4.69) is 5.32 Å². The first-order valence-electron chi connectivity index (χ1n) is 8.37. The number of aliphatic carboxylic acids is 1. The molecule has 0 aliphatic heterocycles. The molecule has 2 aromatic rings. The van der Waals surface area contributed by atoms with Gasteiger partial charge in [0, 0.05) is 0 Å². The first-order chi connectivity index (χ1) is 13.0. The van der Waals surface area contributed by atoms with Gasteiger partial charge in [0.15, 0.2) is 0 Å². The second-order valence-corrected chi connectivity index (χ2v) is 6.56. The molecule has 28 heavy (non-hydrogen) atoms. The number of carboxylic acid groups (broad SMARTS) is 1. The molecular weight excluding hydrogens is 375 g/mol. The normalized spacial score (nSPS) is 13.5. The van der Waals surface area contributed by atoms with Crippen molar-refractivity contribution in [3.63, 3.8) is 0 Å². The molecule has 0 heterocycles. The maximum atomic E-state index is 12.8. The minimum atomic E-state index is -4.51. The van der Waals surface area contributed by atoms with Crippen LogP contribution in [0.4, 0.5) is 13.2 Å². The van der Waals surface area contributed by atoms with Gasteiger partial charge in [0.1, 0.15) is 5.75 Å². The first kappa shape index (κ1) is 21.3. The summed E-state index contributed by atoms with van der Waals surface area (Å²) < 4.78 is 43.6. The molecule has 0 saturated carbocycles. The molecule has 5 nitrogen and oxygen atoms in total. The van der Waals surface area contributed by atoms with Crippen molar-refractivity contribution >= 4 is 11.9 Å². The van der Waals surface area contributed by atoms with E-state index >= 15 is 0 Å². The van der Waals surface area contributed by atoms with Gasteiger partial charge in [0.25, 0.3) is 0 Å². The molecular formula is C20H20F3NO4. The van der Waals surface area contributed by atoms with Gasteiger partial charge in [0.2, 0.25) is 5.91 Å². The number of hydrogen-bond donors (Lipinski definition) is 2. The van der Waals surface area contributed by atoms with Crippen LogP contribution in [0.15, 0.2) is 48.5 Å². The van der Waals surface area contributed by atoms with Gasteiger partial charge in [-0.05, 0) is 36.2 Å². The summed E-state index contributed by atoms with van der Waals surface area (Å²) in [4.78, 5) is 23.8. The van der Waals surface area contributed by atoms with Crippen molar-refractivity contribution in [1.29, 1.82) is 0 Å². The van der Waals surface area contributed by atoms with Gasteiger partial charge in [-0.15, -0.1) is 0 Å². The number of carboxylic acids is 1. The number of carbonyl (C=O) groups is 2. The number of halogens is 3. The fraction of sp³-hybridized carbons (Fsp3) is 0.300. The van der Waals surface area contributed by atoms with E-state index in [9.17, 15) is 27.9 Å². The van der Waals surface area contributed by atoms with E-state index in [1.807, 2.05) is 0 Å². The molecule has 0 fully saturated rings. The Bertz CT molecular complexity index is 867. The summed E-state index contributed by atoms with van der Waals surface area (Å²) in [5, 5.41) is 11.9. The van der Waals surface area contributed by atoms with Crippen molar-refractivity contribution in [1.82, 2.24) is 5.32 Å². The number of carbonyl (C=O) groups excluding carboxylic acids is 1. The van der Waals surface area contributed by atoms with Crippen LogP contribution in [0.1, 0.15) is 30.0 Å². The van der Waals surface area contributed by atoms with Crippen molar-refractivity contribution in [3.8, 4) is 5.75 Å². The molecule has 1 amide bonds. The minimum Gasteiger partial charge on any atom is -0.497 e. The predicted octanol–water partition coefficient (Wildman–Crippen LogP) is 3.76. The SMILES string of the molecule is COc1cccc(C(C)(CC(=O)O)NC(=O)Cc2cccc(C(F)(F)F)c2)c1. The van der Waals surface area contributed by atoms with Crippen molar-refractivity contribution < 1.29 is 32.6 Å². The zero-order chi connectivity index (χ0) is 20.9. The number of amides is 1. The van der Waals surface area contributed by atoms with Crippen molar-refractivity contribution in [2.75, 3.05) is 7.11 Å². The lowest BCUT2D eigenvalue weighted by molar-refractivity contribution is -0.139. The molecule has 150 valence electrons. The van der Waals surface area contributed by atoms with Gasteiger partial charge in [-0.3, -0.25) is 9.59 Å². The van der Waals surface area contributed by atoms with Crippen molar-refractivity contribution in [2.45, 2.75) is 31.5 Å². The van der Waals surface area contributed by atoms with E-state index in [4.69, 9.17) is 4.74 Å². The highest BCUT2D eigenvalue weighted by Gasteiger charge is 2.33. The monoisotopic (exact) mass is 395 g/mol. The Balaban J connectivity index is 2.25. The van der Waals surface area contributed by atoms with Crippen LogP contribution in [0.2, 0.25) is 0 Å². The Labute approximate surface area is 160 Å². The summed E-state index contributed by atoms with van der Waals surface area (Å²) in [6.45, 7) is 1.54. The molecule has 8 heteroatoms. The summed E-state index contributed by atoms with van der Waals surface area (Å²) in [5.74, 6) is -1.24. The smallest absolute Gasteiger partial charge is 0.416 e. The lowest BCUT2D eigenvalue weighted by Gasteiger charge is -2.30. The molecule has 1 unspecified atom stereocenters. The van der Waals surface area contributed by atoms with E-state index in [-0.39, 0.29) is 12.0 Å². The van der Waals surface area contributed by atoms with E-state index in [1.165, 1.54) is 19.2 Å². The number of rotatable bonds is 7. The molecule has 2 N–H and O–H groups in total. The van der Waals surface area contributed by atoms with Gasteiger partial charge in [0.05, 0.1) is 31.1 Å².